The van der Waals surface area contributed by atoms with Crippen molar-refractivity contribution >= 4 is 16.8 Å². The molecular weight excluding hydrogens is 340 g/mol. The maximum absolute atomic E-state index is 12.7. The fourth-order valence-corrected chi connectivity index (χ4v) is 3.31. The number of rotatable bonds is 8. The molecule has 0 aliphatic rings. The molecule has 0 fully saturated rings. The van der Waals surface area contributed by atoms with Crippen LogP contribution in [0.15, 0.2) is 48.7 Å². The summed E-state index contributed by atoms with van der Waals surface area (Å²) in [4.78, 5) is 17.9. The fraction of sp³-hybridized carbons (Fsp3) is 0.318. The van der Waals surface area contributed by atoms with E-state index in [4.69, 9.17) is 9.47 Å². The number of aromatic nitrogens is 1. The van der Waals surface area contributed by atoms with Crippen LogP contribution in [-0.4, -0.2) is 36.6 Å². The van der Waals surface area contributed by atoms with Crippen molar-refractivity contribution in [2.45, 2.75) is 26.3 Å². The molecule has 0 unspecified atom stereocenters. The molecule has 1 aromatic heterocycles. The SMILES string of the molecule is CCN(Cc1ccc(OC)c(OC)c1)C(=O)CCc1c[nH]c2ccccc12. The number of carbonyl (C=O) groups is 1. The zero-order chi connectivity index (χ0) is 19.2. The fourth-order valence-electron chi connectivity index (χ4n) is 3.31. The van der Waals surface area contributed by atoms with E-state index < -0.39 is 0 Å². The molecule has 0 saturated heterocycles. The number of methoxy groups -OCH3 is 2. The summed E-state index contributed by atoms with van der Waals surface area (Å²) in [7, 11) is 3.23. The number of aromatic amines is 1. The Hall–Kier alpha value is -2.95. The minimum absolute atomic E-state index is 0.151. The van der Waals surface area contributed by atoms with Crippen molar-refractivity contribution in [1.29, 1.82) is 0 Å². The summed E-state index contributed by atoms with van der Waals surface area (Å²) in [5, 5.41) is 1.19. The first-order valence-corrected chi connectivity index (χ1v) is 9.20. The highest BCUT2D eigenvalue weighted by Gasteiger charge is 2.15. The van der Waals surface area contributed by atoms with Crippen molar-refractivity contribution in [3.63, 3.8) is 0 Å². The number of hydrogen-bond acceptors (Lipinski definition) is 3. The number of carbonyl (C=O) groups excluding carboxylic acids is 1. The number of nitrogens with one attached hydrogen (secondary N) is 1. The molecule has 27 heavy (non-hydrogen) atoms. The maximum Gasteiger partial charge on any atom is 0.223 e. The van der Waals surface area contributed by atoms with E-state index in [0.29, 0.717) is 31.0 Å². The summed E-state index contributed by atoms with van der Waals surface area (Å²) in [6, 6.07) is 13.9. The number of nitrogens with zero attached hydrogens (tertiary/aromatic N) is 1. The lowest BCUT2D eigenvalue weighted by molar-refractivity contribution is -0.131. The molecule has 0 atom stereocenters. The Morgan fingerprint density at radius 3 is 2.59 bits per heavy atom. The Balaban J connectivity index is 1.65. The lowest BCUT2D eigenvalue weighted by Crippen LogP contribution is -2.30. The van der Waals surface area contributed by atoms with Crippen LogP contribution in [0.3, 0.4) is 0 Å². The number of hydrogen-bond donors (Lipinski definition) is 1. The smallest absolute Gasteiger partial charge is 0.223 e. The van der Waals surface area contributed by atoms with Crippen molar-refractivity contribution in [2.24, 2.45) is 0 Å². The summed E-state index contributed by atoms with van der Waals surface area (Å²) >= 11 is 0. The van der Waals surface area contributed by atoms with Crippen LogP contribution in [-0.2, 0) is 17.8 Å². The van der Waals surface area contributed by atoms with Crippen LogP contribution in [0.25, 0.3) is 10.9 Å². The summed E-state index contributed by atoms with van der Waals surface area (Å²) in [6.07, 6.45) is 3.22. The predicted molar refractivity (Wildman–Crippen MR) is 107 cm³/mol. The molecule has 2 aromatic carbocycles. The Morgan fingerprint density at radius 1 is 1.07 bits per heavy atom. The van der Waals surface area contributed by atoms with Crippen LogP contribution in [0.2, 0.25) is 0 Å². The zero-order valence-corrected chi connectivity index (χ0v) is 16.1. The largest absolute Gasteiger partial charge is 0.493 e. The van der Waals surface area contributed by atoms with Gasteiger partial charge in [-0.2, -0.15) is 0 Å². The van der Waals surface area contributed by atoms with Gasteiger partial charge in [0.25, 0.3) is 0 Å². The highest BCUT2D eigenvalue weighted by molar-refractivity contribution is 5.84. The van der Waals surface area contributed by atoms with E-state index in [1.165, 1.54) is 10.9 Å². The Morgan fingerprint density at radius 2 is 1.85 bits per heavy atom. The van der Waals surface area contributed by atoms with Gasteiger partial charge in [-0.1, -0.05) is 24.3 Å². The number of para-hydroxylation sites is 1. The van der Waals surface area contributed by atoms with Crippen molar-refractivity contribution in [3.8, 4) is 11.5 Å². The first-order valence-electron chi connectivity index (χ1n) is 9.20. The van der Waals surface area contributed by atoms with Crippen LogP contribution in [0.1, 0.15) is 24.5 Å². The number of fused-ring (bicyclic) bond motifs is 1. The monoisotopic (exact) mass is 366 g/mol. The highest BCUT2D eigenvalue weighted by Crippen LogP contribution is 2.28. The Bertz CT molecular complexity index is 917. The molecule has 5 heteroatoms. The van der Waals surface area contributed by atoms with Crippen molar-refractivity contribution in [1.82, 2.24) is 9.88 Å². The van der Waals surface area contributed by atoms with E-state index in [2.05, 4.69) is 17.1 Å². The van der Waals surface area contributed by atoms with E-state index in [9.17, 15) is 4.79 Å². The molecule has 0 bridgehead atoms. The number of H-pyrrole nitrogens is 1. The topological polar surface area (TPSA) is 54.6 Å². The van der Waals surface area contributed by atoms with Crippen LogP contribution >= 0.6 is 0 Å². The van der Waals surface area contributed by atoms with Gasteiger partial charge in [-0.3, -0.25) is 4.79 Å². The molecule has 1 amide bonds. The van der Waals surface area contributed by atoms with E-state index in [-0.39, 0.29) is 5.91 Å². The van der Waals surface area contributed by atoms with Gasteiger partial charge in [0.15, 0.2) is 11.5 Å². The predicted octanol–water partition coefficient (Wildman–Crippen LogP) is 4.17. The quantitative estimate of drug-likeness (QED) is 0.651. The van der Waals surface area contributed by atoms with Gasteiger partial charge >= 0.3 is 0 Å². The minimum atomic E-state index is 0.151. The summed E-state index contributed by atoms with van der Waals surface area (Å²) in [5.74, 6) is 1.52. The third kappa shape index (κ3) is 4.25. The van der Waals surface area contributed by atoms with Crippen LogP contribution in [0.5, 0.6) is 11.5 Å². The number of amides is 1. The lowest BCUT2D eigenvalue weighted by atomic mass is 10.1. The first kappa shape index (κ1) is 18.8. The van der Waals surface area contributed by atoms with Crippen molar-refractivity contribution < 1.29 is 14.3 Å². The summed E-state index contributed by atoms with van der Waals surface area (Å²) in [6.45, 7) is 3.23. The van der Waals surface area contributed by atoms with Gasteiger partial charge < -0.3 is 19.4 Å². The average Bonchev–Trinajstić information content (AvgIpc) is 3.13. The third-order valence-corrected chi connectivity index (χ3v) is 4.84. The summed E-state index contributed by atoms with van der Waals surface area (Å²) < 4.78 is 10.6. The van der Waals surface area contributed by atoms with Gasteiger partial charge in [0.05, 0.1) is 14.2 Å². The Labute approximate surface area is 159 Å². The highest BCUT2D eigenvalue weighted by atomic mass is 16.5. The second kappa shape index (κ2) is 8.62. The van der Waals surface area contributed by atoms with Gasteiger partial charge in [-0.15, -0.1) is 0 Å². The zero-order valence-electron chi connectivity index (χ0n) is 16.1. The molecule has 0 spiro atoms. The number of ether oxygens (including phenoxy) is 2. The summed E-state index contributed by atoms with van der Waals surface area (Å²) in [5.41, 5.74) is 3.31. The molecule has 5 nitrogen and oxygen atoms in total. The molecule has 0 aliphatic heterocycles. The van der Waals surface area contributed by atoms with Crippen molar-refractivity contribution in [2.75, 3.05) is 20.8 Å². The van der Waals surface area contributed by atoms with Gasteiger partial charge in [0, 0.05) is 36.6 Å². The van der Waals surface area contributed by atoms with E-state index in [1.54, 1.807) is 14.2 Å². The third-order valence-electron chi connectivity index (χ3n) is 4.84. The van der Waals surface area contributed by atoms with E-state index in [0.717, 1.165) is 17.5 Å². The van der Waals surface area contributed by atoms with Gasteiger partial charge in [0.1, 0.15) is 0 Å². The van der Waals surface area contributed by atoms with Crippen LogP contribution in [0, 0.1) is 0 Å². The van der Waals surface area contributed by atoms with Crippen LogP contribution in [0.4, 0.5) is 0 Å². The van der Waals surface area contributed by atoms with Gasteiger partial charge in [-0.05, 0) is 42.7 Å². The molecule has 1 N–H and O–H groups in total. The Kier molecular flexibility index (Phi) is 6.01. The molecule has 3 rings (SSSR count). The maximum atomic E-state index is 12.7. The molecule has 3 aromatic rings. The van der Waals surface area contributed by atoms with E-state index >= 15 is 0 Å². The molecule has 142 valence electrons. The first-order chi connectivity index (χ1) is 13.2. The average molecular weight is 366 g/mol. The second-order valence-corrected chi connectivity index (χ2v) is 6.46. The molecule has 0 aliphatic carbocycles. The molecule has 0 saturated carbocycles. The second-order valence-electron chi connectivity index (χ2n) is 6.46. The van der Waals surface area contributed by atoms with E-state index in [1.807, 2.05) is 48.4 Å². The van der Waals surface area contributed by atoms with Crippen molar-refractivity contribution in [3.05, 3.63) is 59.8 Å². The standard InChI is InChI=1S/C22H26N2O3/c1-4-24(15-16-9-11-20(26-2)21(13-16)27-3)22(25)12-10-17-14-23-19-8-6-5-7-18(17)19/h5-9,11,13-14,23H,4,10,12,15H2,1-3H3. The molecule has 1 heterocycles. The minimum Gasteiger partial charge on any atom is -0.493 e. The lowest BCUT2D eigenvalue weighted by Gasteiger charge is -2.21. The number of benzene rings is 2. The van der Waals surface area contributed by atoms with Crippen LogP contribution < -0.4 is 9.47 Å². The number of aryl methyl sites for hydroxylation is 1. The van der Waals surface area contributed by atoms with Gasteiger partial charge in [0.2, 0.25) is 5.91 Å². The van der Waals surface area contributed by atoms with Gasteiger partial charge in [-0.25, -0.2) is 0 Å². The molecule has 0 radical (unpaired) electrons. The normalized spacial score (nSPS) is 10.8. The molecular formula is C22H26N2O3.